The minimum absolute atomic E-state index is 0.0565. The van der Waals surface area contributed by atoms with Crippen molar-refractivity contribution >= 4 is 11.8 Å². The van der Waals surface area contributed by atoms with Gasteiger partial charge in [-0.2, -0.15) is 4.98 Å². The number of aryl methyl sites for hydroxylation is 1. The van der Waals surface area contributed by atoms with Crippen LogP contribution in [0.3, 0.4) is 0 Å². The lowest BCUT2D eigenvalue weighted by Crippen LogP contribution is -2.48. The molecular weight excluding hydrogens is 454 g/mol. The number of nitrogens with zero attached hydrogens (tertiary/aromatic N) is 6. The number of hydrogen-bond donors (Lipinski definition) is 1. The van der Waals surface area contributed by atoms with Gasteiger partial charge in [-0.15, -0.1) is 5.10 Å². The molecule has 2 unspecified atom stereocenters. The number of anilines is 2. The molecule has 1 saturated heterocycles. The van der Waals surface area contributed by atoms with E-state index in [2.05, 4.69) is 30.3 Å². The topological polar surface area (TPSA) is 81.0 Å². The summed E-state index contributed by atoms with van der Waals surface area (Å²) < 4.78 is 59.5. The van der Waals surface area contributed by atoms with Crippen molar-refractivity contribution in [1.29, 1.82) is 0 Å². The van der Waals surface area contributed by atoms with E-state index in [9.17, 15) is 17.6 Å². The SMILES string of the molecule is Cc1cc(N2CC3CCC(C2)C3Nc2nc(Oc3cc(F)cc(F)c3)n(CC(F)F)n2)ncn1. The maximum Gasteiger partial charge on any atom is 0.322 e. The third-order valence-electron chi connectivity index (χ3n) is 6.24. The zero-order valence-electron chi connectivity index (χ0n) is 18.3. The third kappa shape index (κ3) is 4.75. The van der Waals surface area contributed by atoms with Crippen LogP contribution in [0.5, 0.6) is 11.8 Å². The molecule has 5 rings (SSSR count). The molecule has 1 aliphatic carbocycles. The fraction of sp³-hybridized carbons (Fsp3) is 0.455. The van der Waals surface area contributed by atoms with Crippen molar-refractivity contribution in [2.45, 2.75) is 38.8 Å². The summed E-state index contributed by atoms with van der Waals surface area (Å²) in [6.07, 6.45) is 0.860. The van der Waals surface area contributed by atoms with E-state index < -0.39 is 24.6 Å². The van der Waals surface area contributed by atoms with E-state index in [1.807, 2.05) is 13.0 Å². The van der Waals surface area contributed by atoms with Gasteiger partial charge >= 0.3 is 6.01 Å². The summed E-state index contributed by atoms with van der Waals surface area (Å²) in [7, 11) is 0. The fourth-order valence-corrected chi connectivity index (χ4v) is 4.81. The largest absolute Gasteiger partial charge is 0.424 e. The molecule has 12 heteroatoms. The molecule has 2 aliphatic rings. The van der Waals surface area contributed by atoms with Crippen LogP contribution in [-0.2, 0) is 6.54 Å². The normalized spacial score (nSPS) is 21.8. The molecule has 1 aliphatic heterocycles. The van der Waals surface area contributed by atoms with Crippen LogP contribution in [0.4, 0.5) is 29.3 Å². The van der Waals surface area contributed by atoms with Crippen LogP contribution in [0.25, 0.3) is 0 Å². The monoisotopic (exact) mass is 477 g/mol. The number of benzene rings is 1. The zero-order chi connectivity index (χ0) is 23.8. The number of hydrogen-bond acceptors (Lipinski definition) is 7. The first-order valence-corrected chi connectivity index (χ1v) is 11.0. The quantitative estimate of drug-likeness (QED) is 0.515. The van der Waals surface area contributed by atoms with E-state index in [0.717, 1.165) is 54.3 Å². The summed E-state index contributed by atoms with van der Waals surface area (Å²) in [5.41, 5.74) is 0.900. The molecule has 3 heterocycles. The molecule has 3 aromatic rings. The second-order valence-corrected chi connectivity index (χ2v) is 8.69. The van der Waals surface area contributed by atoms with Crippen molar-refractivity contribution in [3.8, 4) is 11.8 Å². The van der Waals surface area contributed by atoms with Crippen LogP contribution in [0.15, 0.2) is 30.6 Å². The van der Waals surface area contributed by atoms with Gasteiger partial charge in [-0.1, -0.05) is 0 Å². The molecule has 8 nitrogen and oxygen atoms in total. The van der Waals surface area contributed by atoms with Crippen molar-refractivity contribution < 1.29 is 22.3 Å². The van der Waals surface area contributed by atoms with Crippen LogP contribution in [0, 0.1) is 30.4 Å². The van der Waals surface area contributed by atoms with Crippen LogP contribution in [0.2, 0.25) is 0 Å². The van der Waals surface area contributed by atoms with E-state index in [1.54, 1.807) is 6.33 Å². The van der Waals surface area contributed by atoms with Gasteiger partial charge in [0.05, 0.1) is 0 Å². The summed E-state index contributed by atoms with van der Waals surface area (Å²) in [5, 5.41) is 7.43. The molecule has 1 N–H and O–H groups in total. The average molecular weight is 477 g/mol. The summed E-state index contributed by atoms with van der Waals surface area (Å²) in [5.74, 6) is -0.289. The molecule has 180 valence electrons. The highest BCUT2D eigenvalue weighted by Gasteiger charge is 2.43. The van der Waals surface area contributed by atoms with Gasteiger partial charge in [0.1, 0.15) is 36.1 Å². The van der Waals surface area contributed by atoms with Gasteiger partial charge in [-0.3, -0.25) is 0 Å². The number of ether oxygens (including phenoxy) is 1. The number of aromatic nitrogens is 5. The molecule has 0 spiro atoms. The van der Waals surface area contributed by atoms with Gasteiger partial charge in [0.2, 0.25) is 5.95 Å². The lowest BCUT2D eigenvalue weighted by Gasteiger charge is -2.38. The molecule has 1 aromatic carbocycles. The Balaban J connectivity index is 1.33. The zero-order valence-corrected chi connectivity index (χ0v) is 18.3. The number of piperidine rings is 1. The Hall–Kier alpha value is -3.44. The minimum atomic E-state index is -2.71. The molecule has 2 aromatic heterocycles. The lowest BCUT2D eigenvalue weighted by molar-refractivity contribution is 0.118. The average Bonchev–Trinajstić information content (AvgIpc) is 3.21. The Labute approximate surface area is 193 Å². The molecule has 1 saturated carbocycles. The number of rotatable bonds is 7. The summed E-state index contributed by atoms with van der Waals surface area (Å²) in [4.78, 5) is 15.0. The van der Waals surface area contributed by atoms with Crippen molar-refractivity contribution in [3.63, 3.8) is 0 Å². The number of alkyl halides is 2. The van der Waals surface area contributed by atoms with E-state index in [1.165, 1.54) is 0 Å². The number of nitrogens with one attached hydrogen (secondary N) is 1. The van der Waals surface area contributed by atoms with Gasteiger partial charge in [0.25, 0.3) is 6.43 Å². The Morgan fingerprint density at radius 1 is 1.06 bits per heavy atom. The smallest absolute Gasteiger partial charge is 0.322 e. The predicted octanol–water partition coefficient (Wildman–Crippen LogP) is 4.04. The Morgan fingerprint density at radius 3 is 2.41 bits per heavy atom. The fourth-order valence-electron chi connectivity index (χ4n) is 4.81. The first kappa shape index (κ1) is 22.4. The van der Waals surface area contributed by atoms with E-state index in [0.29, 0.717) is 6.07 Å². The first-order chi connectivity index (χ1) is 16.3. The van der Waals surface area contributed by atoms with Gasteiger partial charge in [0, 0.05) is 49.1 Å². The van der Waals surface area contributed by atoms with Gasteiger partial charge in [0.15, 0.2) is 0 Å². The first-order valence-electron chi connectivity index (χ1n) is 11.0. The lowest BCUT2D eigenvalue weighted by atomic mass is 9.92. The molecular formula is C22H23F4N7O. The standard InChI is InChI=1S/C22H23F4N7O/c1-12-4-19(28-11-27-12)32-8-13-2-3-14(9-32)20(13)29-21-30-22(33(31-21)10-18(25)26)34-17-6-15(23)5-16(24)7-17/h4-7,11,13-14,18,20H,2-3,8-10H2,1H3,(H,29,31). The third-order valence-corrected chi connectivity index (χ3v) is 6.24. The van der Waals surface area contributed by atoms with E-state index >= 15 is 0 Å². The maximum atomic E-state index is 13.5. The molecule has 2 fully saturated rings. The highest BCUT2D eigenvalue weighted by Crippen LogP contribution is 2.40. The van der Waals surface area contributed by atoms with Crippen LogP contribution >= 0.6 is 0 Å². The minimum Gasteiger partial charge on any atom is -0.424 e. The Kier molecular flexibility index (Phi) is 5.96. The van der Waals surface area contributed by atoms with Gasteiger partial charge < -0.3 is 15.0 Å². The van der Waals surface area contributed by atoms with Crippen molar-refractivity contribution in [1.82, 2.24) is 24.7 Å². The van der Waals surface area contributed by atoms with E-state index in [-0.39, 0.29) is 35.6 Å². The highest BCUT2D eigenvalue weighted by atomic mass is 19.3. The second-order valence-electron chi connectivity index (χ2n) is 8.69. The summed E-state index contributed by atoms with van der Waals surface area (Å²) in [6, 6.07) is 4.33. The molecule has 34 heavy (non-hydrogen) atoms. The van der Waals surface area contributed by atoms with Crippen LogP contribution in [-0.4, -0.2) is 50.3 Å². The van der Waals surface area contributed by atoms with E-state index in [4.69, 9.17) is 4.74 Å². The van der Waals surface area contributed by atoms with Gasteiger partial charge in [-0.05, 0) is 31.6 Å². The maximum absolute atomic E-state index is 13.5. The van der Waals surface area contributed by atoms with Crippen molar-refractivity contribution in [2.75, 3.05) is 23.3 Å². The van der Waals surface area contributed by atoms with Crippen molar-refractivity contribution in [2.24, 2.45) is 11.8 Å². The summed E-state index contributed by atoms with van der Waals surface area (Å²) in [6.45, 7) is 2.73. The molecule has 0 amide bonds. The second kappa shape index (κ2) is 9.07. The van der Waals surface area contributed by atoms with Crippen LogP contribution < -0.4 is 15.0 Å². The predicted molar refractivity (Wildman–Crippen MR) is 115 cm³/mol. The molecule has 0 radical (unpaired) electrons. The highest BCUT2D eigenvalue weighted by molar-refractivity contribution is 5.42. The Morgan fingerprint density at radius 2 is 1.76 bits per heavy atom. The van der Waals surface area contributed by atoms with Crippen molar-refractivity contribution in [3.05, 3.63) is 47.9 Å². The number of fused-ring (bicyclic) bond motifs is 2. The summed E-state index contributed by atoms with van der Waals surface area (Å²) >= 11 is 0. The Bertz CT molecular complexity index is 1140. The van der Waals surface area contributed by atoms with Gasteiger partial charge in [-0.25, -0.2) is 32.2 Å². The number of halogens is 4. The molecule has 2 atom stereocenters. The molecule has 2 bridgehead atoms. The van der Waals surface area contributed by atoms with Crippen LogP contribution in [0.1, 0.15) is 18.5 Å².